The zero-order valence-electron chi connectivity index (χ0n) is 13.1. The van der Waals surface area contributed by atoms with Crippen LogP contribution in [0.15, 0.2) is 60.7 Å². The van der Waals surface area contributed by atoms with E-state index in [-0.39, 0.29) is 5.75 Å². The van der Waals surface area contributed by atoms with Gasteiger partial charge in [0.25, 0.3) is 10.1 Å². The summed E-state index contributed by atoms with van der Waals surface area (Å²) in [6.07, 6.45) is 1.21. The number of hydrogen-bond acceptors (Lipinski definition) is 3. The van der Waals surface area contributed by atoms with Gasteiger partial charge in [0.05, 0.1) is 5.75 Å². The Labute approximate surface area is 138 Å². The fraction of sp³-hybridized carbons (Fsp3) is 0.333. The minimum atomic E-state index is -3.86. The molecule has 0 heterocycles. The maximum absolute atomic E-state index is 10.8. The Hall–Kier alpha value is -1.69. The highest BCUT2D eigenvalue weighted by Gasteiger charge is 2.09. The number of benzene rings is 2. The molecular weight excluding hydrogens is 310 g/mol. The van der Waals surface area contributed by atoms with Crippen molar-refractivity contribution >= 4 is 10.1 Å². The molecule has 2 aromatic rings. The van der Waals surface area contributed by atoms with Crippen LogP contribution >= 0.6 is 0 Å². The van der Waals surface area contributed by atoms with Gasteiger partial charge in [-0.15, -0.1) is 0 Å². The maximum Gasteiger partial charge on any atom is 0.264 e. The van der Waals surface area contributed by atoms with Crippen LogP contribution in [-0.4, -0.2) is 30.2 Å². The second-order valence-corrected chi connectivity index (χ2v) is 7.25. The van der Waals surface area contributed by atoms with E-state index in [1.165, 1.54) is 11.1 Å². The number of unbranched alkanes of at least 4 members (excludes halogenated alkanes) is 1. The van der Waals surface area contributed by atoms with Crippen LogP contribution < -0.4 is 0 Å². The van der Waals surface area contributed by atoms with E-state index in [1.54, 1.807) is 0 Å². The third kappa shape index (κ3) is 7.41. The van der Waals surface area contributed by atoms with E-state index in [1.807, 2.05) is 36.4 Å². The van der Waals surface area contributed by atoms with Crippen molar-refractivity contribution in [1.82, 2.24) is 4.90 Å². The molecule has 0 aliphatic rings. The molecule has 2 rings (SSSR count). The first-order valence-corrected chi connectivity index (χ1v) is 9.39. The van der Waals surface area contributed by atoms with Crippen molar-refractivity contribution < 1.29 is 13.0 Å². The molecule has 0 amide bonds. The number of hydrogen-bond donors (Lipinski definition) is 1. The Bertz CT molecular complexity index is 630. The highest BCUT2D eigenvalue weighted by molar-refractivity contribution is 7.85. The molecule has 0 aliphatic carbocycles. The van der Waals surface area contributed by atoms with Crippen molar-refractivity contribution in [1.29, 1.82) is 0 Å². The van der Waals surface area contributed by atoms with Gasteiger partial charge in [-0.3, -0.25) is 9.45 Å². The Balaban J connectivity index is 1.93. The first-order chi connectivity index (χ1) is 11.0. The Kier molecular flexibility index (Phi) is 6.77. The molecule has 0 bridgehead atoms. The van der Waals surface area contributed by atoms with Crippen molar-refractivity contribution in [2.75, 3.05) is 12.3 Å². The largest absolute Gasteiger partial charge is 0.295 e. The lowest BCUT2D eigenvalue weighted by atomic mass is 10.1. The summed E-state index contributed by atoms with van der Waals surface area (Å²) in [6, 6.07) is 20.5. The van der Waals surface area contributed by atoms with E-state index in [4.69, 9.17) is 4.55 Å². The third-order valence-corrected chi connectivity index (χ3v) is 4.43. The first-order valence-electron chi connectivity index (χ1n) is 7.78. The van der Waals surface area contributed by atoms with Gasteiger partial charge in [0.15, 0.2) is 0 Å². The van der Waals surface area contributed by atoms with E-state index < -0.39 is 10.1 Å². The molecule has 0 saturated heterocycles. The predicted octanol–water partition coefficient (Wildman–Crippen LogP) is 3.36. The molecule has 23 heavy (non-hydrogen) atoms. The van der Waals surface area contributed by atoms with Crippen LogP contribution in [0.1, 0.15) is 24.0 Å². The van der Waals surface area contributed by atoms with E-state index in [0.717, 1.165) is 26.1 Å². The number of nitrogens with zero attached hydrogens (tertiary/aromatic N) is 1. The SMILES string of the molecule is O=S(=O)(O)CCCCN(Cc1ccccc1)Cc1ccccc1. The van der Waals surface area contributed by atoms with Gasteiger partial charge in [0, 0.05) is 13.1 Å². The number of rotatable bonds is 9. The zero-order chi connectivity index (χ0) is 16.5. The first kappa shape index (κ1) is 17.7. The highest BCUT2D eigenvalue weighted by Crippen LogP contribution is 2.11. The molecule has 2 aromatic carbocycles. The minimum Gasteiger partial charge on any atom is -0.295 e. The van der Waals surface area contributed by atoms with Crippen LogP contribution in [0.2, 0.25) is 0 Å². The molecule has 0 radical (unpaired) electrons. The molecule has 0 spiro atoms. The molecule has 5 heteroatoms. The minimum absolute atomic E-state index is 0.169. The highest BCUT2D eigenvalue weighted by atomic mass is 32.2. The summed E-state index contributed by atoms with van der Waals surface area (Å²) >= 11 is 0. The smallest absolute Gasteiger partial charge is 0.264 e. The van der Waals surface area contributed by atoms with Gasteiger partial charge in [0.2, 0.25) is 0 Å². The molecule has 0 saturated carbocycles. The lowest BCUT2D eigenvalue weighted by Gasteiger charge is -2.22. The van der Waals surface area contributed by atoms with Crippen LogP contribution in [0.5, 0.6) is 0 Å². The second-order valence-electron chi connectivity index (χ2n) is 5.67. The van der Waals surface area contributed by atoms with Gasteiger partial charge in [-0.25, -0.2) is 0 Å². The van der Waals surface area contributed by atoms with Crippen molar-refractivity contribution in [3.05, 3.63) is 71.8 Å². The summed E-state index contributed by atoms with van der Waals surface area (Å²) in [5.74, 6) is -0.169. The third-order valence-electron chi connectivity index (χ3n) is 3.62. The van der Waals surface area contributed by atoms with Crippen LogP contribution in [0, 0.1) is 0 Å². The average molecular weight is 333 g/mol. The summed E-state index contributed by atoms with van der Waals surface area (Å²) in [7, 11) is -3.86. The molecule has 1 N–H and O–H groups in total. The lowest BCUT2D eigenvalue weighted by Crippen LogP contribution is -2.24. The average Bonchev–Trinajstić information content (AvgIpc) is 2.52. The summed E-state index contributed by atoms with van der Waals surface area (Å²) < 4.78 is 30.4. The van der Waals surface area contributed by atoms with Gasteiger partial charge < -0.3 is 0 Å². The predicted molar refractivity (Wildman–Crippen MR) is 92.6 cm³/mol. The summed E-state index contributed by atoms with van der Waals surface area (Å²) in [4.78, 5) is 2.30. The lowest BCUT2D eigenvalue weighted by molar-refractivity contribution is 0.252. The molecular formula is C18H23NO3S. The van der Waals surface area contributed by atoms with Crippen molar-refractivity contribution in [2.24, 2.45) is 0 Å². The molecule has 0 aromatic heterocycles. The molecule has 0 aliphatic heterocycles. The van der Waals surface area contributed by atoms with Crippen molar-refractivity contribution in [3.63, 3.8) is 0 Å². The summed E-state index contributed by atoms with van der Waals surface area (Å²) in [5, 5.41) is 0. The van der Waals surface area contributed by atoms with Gasteiger partial charge in [-0.2, -0.15) is 8.42 Å². The van der Waals surface area contributed by atoms with E-state index >= 15 is 0 Å². The zero-order valence-corrected chi connectivity index (χ0v) is 14.0. The summed E-state index contributed by atoms with van der Waals surface area (Å²) in [5.41, 5.74) is 2.47. The topological polar surface area (TPSA) is 57.6 Å². The van der Waals surface area contributed by atoms with Gasteiger partial charge in [0.1, 0.15) is 0 Å². The van der Waals surface area contributed by atoms with Gasteiger partial charge in [-0.05, 0) is 30.5 Å². The maximum atomic E-state index is 10.8. The van der Waals surface area contributed by atoms with Crippen LogP contribution in [-0.2, 0) is 23.2 Å². The molecule has 0 atom stereocenters. The monoisotopic (exact) mass is 333 g/mol. The molecule has 0 unspecified atom stereocenters. The Morgan fingerprint density at radius 2 is 1.26 bits per heavy atom. The normalized spacial score (nSPS) is 11.7. The van der Waals surface area contributed by atoms with E-state index in [9.17, 15) is 8.42 Å². The van der Waals surface area contributed by atoms with Crippen molar-refractivity contribution in [3.8, 4) is 0 Å². The molecule has 124 valence electrons. The Morgan fingerprint density at radius 3 is 1.70 bits per heavy atom. The summed E-state index contributed by atoms with van der Waals surface area (Å²) in [6.45, 7) is 2.43. The van der Waals surface area contributed by atoms with Crippen LogP contribution in [0.25, 0.3) is 0 Å². The van der Waals surface area contributed by atoms with Gasteiger partial charge in [-0.1, -0.05) is 60.7 Å². The van der Waals surface area contributed by atoms with Crippen LogP contribution in [0.4, 0.5) is 0 Å². The van der Waals surface area contributed by atoms with Crippen molar-refractivity contribution in [2.45, 2.75) is 25.9 Å². The quantitative estimate of drug-likeness (QED) is 0.565. The second kappa shape index (κ2) is 8.82. The molecule has 4 nitrogen and oxygen atoms in total. The molecule has 0 fully saturated rings. The van der Waals surface area contributed by atoms with Gasteiger partial charge >= 0.3 is 0 Å². The standard InChI is InChI=1S/C18H23NO3S/c20-23(21,22)14-8-7-13-19(15-17-9-3-1-4-10-17)16-18-11-5-2-6-12-18/h1-6,9-12H,7-8,13-16H2,(H,20,21,22). The fourth-order valence-corrected chi connectivity index (χ4v) is 3.09. The Morgan fingerprint density at radius 1 is 0.783 bits per heavy atom. The van der Waals surface area contributed by atoms with E-state index in [2.05, 4.69) is 29.2 Å². The van der Waals surface area contributed by atoms with Crippen LogP contribution in [0.3, 0.4) is 0 Å². The fourth-order valence-electron chi connectivity index (χ4n) is 2.52. The van der Waals surface area contributed by atoms with E-state index in [0.29, 0.717) is 6.42 Å².